The number of nitrogens with zero attached hydrogens (tertiary/aromatic N) is 2. The van der Waals surface area contributed by atoms with Crippen molar-refractivity contribution in [1.29, 1.82) is 0 Å². The number of ether oxygens (including phenoxy) is 2. The lowest BCUT2D eigenvalue weighted by molar-refractivity contribution is -0.123. The van der Waals surface area contributed by atoms with Crippen molar-refractivity contribution < 1.29 is 14.3 Å². The first-order valence-electron chi connectivity index (χ1n) is 11.0. The van der Waals surface area contributed by atoms with Crippen LogP contribution in [-0.4, -0.2) is 81.3 Å². The van der Waals surface area contributed by atoms with Gasteiger partial charge >= 0.3 is 0 Å². The van der Waals surface area contributed by atoms with Gasteiger partial charge in [0.25, 0.3) is 0 Å². The molecule has 0 bridgehead atoms. The van der Waals surface area contributed by atoms with E-state index < -0.39 is 0 Å². The summed E-state index contributed by atoms with van der Waals surface area (Å²) in [5.41, 5.74) is 2.22. The Morgan fingerprint density at radius 2 is 1.03 bits per heavy atom. The summed E-state index contributed by atoms with van der Waals surface area (Å²) in [7, 11) is 0. The van der Waals surface area contributed by atoms with Gasteiger partial charge in [0.1, 0.15) is 5.78 Å². The largest absolute Gasteiger partial charge is 0.379 e. The van der Waals surface area contributed by atoms with E-state index >= 15 is 0 Å². The number of ketones is 1. The molecule has 2 aliphatic rings. The smallest absolute Gasteiger partial charge is 0.150 e. The standard InChI is InChI=1S/C25H32N2O3/c28-25(23(21-7-3-1-4-8-21)19-26-11-15-29-16-12-26)24(22-9-5-2-6-10-22)20-27-13-17-30-18-14-27/h1-10,23-24H,11-20H2. The first-order chi connectivity index (χ1) is 14.8. The highest BCUT2D eigenvalue weighted by Gasteiger charge is 2.32. The molecule has 2 unspecified atom stereocenters. The zero-order valence-corrected chi connectivity index (χ0v) is 17.6. The number of carbonyl (C=O) groups is 1. The Morgan fingerprint density at radius 3 is 1.40 bits per heavy atom. The van der Waals surface area contributed by atoms with E-state index in [-0.39, 0.29) is 11.8 Å². The molecule has 30 heavy (non-hydrogen) atoms. The fourth-order valence-corrected chi connectivity index (χ4v) is 4.42. The Kier molecular flexibility index (Phi) is 7.65. The highest BCUT2D eigenvalue weighted by molar-refractivity contribution is 5.92. The third-order valence-corrected chi connectivity index (χ3v) is 6.18. The molecule has 0 radical (unpaired) electrons. The molecule has 0 amide bonds. The highest BCUT2D eigenvalue weighted by atomic mass is 16.5. The number of benzene rings is 2. The van der Waals surface area contributed by atoms with Crippen molar-refractivity contribution in [2.75, 3.05) is 65.7 Å². The SMILES string of the molecule is O=C(C(CN1CCOCC1)c1ccccc1)C(CN1CCOCC1)c1ccccc1. The molecule has 2 heterocycles. The lowest BCUT2D eigenvalue weighted by atomic mass is 9.82. The van der Waals surface area contributed by atoms with Crippen LogP contribution < -0.4 is 0 Å². The first-order valence-corrected chi connectivity index (χ1v) is 11.0. The molecule has 2 saturated heterocycles. The monoisotopic (exact) mass is 408 g/mol. The van der Waals surface area contributed by atoms with Gasteiger partial charge in [0.05, 0.1) is 38.3 Å². The van der Waals surface area contributed by atoms with Gasteiger partial charge in [0, 0.05) is 39.3 Å². The molecule has 5 nitrogen and oxygen atoms in total. The van der Waals surface area contributed by atoms with E-state index in [0.717, 1.165) is 76.8 Å². The molecule has 0 N–H and O–H groups in total. The van der Waals surface area contributed by atoms with Gasteiger partial charge < -0.3 is 9.47 Å². The Hall–Kier alpha value is -2.05. The second-order valence-corrected chi connectivity index (χ2v) is 8.15. The fraction of sp³-hybridized carbons (Fsp3) is 0.480. The molecular weight excluding hydrogens is 376 g/mol. The topological polar surface area (TPSA) is 42.0 Å². The first kappa shape index (κ1) is 21.2. The van der Waals surface area contributed by atoms with E-state index in [0.29, 0.717) is 5.78 Å². The van der Waals surface area contributed by atoms with Gasteiger partial charge in [-0.1, -0.05) is 60.7 Å². The number of Topliss-reactive ketones (excluding diaryl/α,β-unsaturated/α-hetero) is 1. The highest BCUT2D eigenvalue weighted by Crippen LogP contribution is 2.29. The minimum Gasteiger partial charge on any atom is -0.379 e. The predicted molar refractivity (Wildman–Crippen MR) is 118 cm³/mol. The molecule has 2 atom stereocenters. The van der Waals surface area contributed by atoms with E-state index in [1.54, 1.807) is 0 Å². The maximum Gasteiger partial charge on any atom is 0.150 e. The summed E-state index contributed by atoms with van der Waals surface area (Å²) < 4.78 is 11.0. The lowest BCUT2D eigenvalue weighted by Gasteiger charge is -2.34. The maximum absolute atomic E-state index is 14.1. The van der Waals surface area contributed by atoms with Crippen molar-refractivity contribution in [1.82, 2.24) is 9.80 Å². The molecule has 0 saturated carbocycles. The van der Waals surface area contributed by atoms with Crippen molar-refractivity contribution in [3.05, 3.63) is 71.8 Å². The summed E-state index contributed by atoms with van der Waals surface area (Å²) in [5.74, 6) is 0.0245. The molecule has 0 aromatic heterocycles. The molecule has 2 aromatic carbocycles. The van der Waals surface area contributed by atoms with Gasteiger partial charge in [0.2, 0.25) is 0 Å². The Bertz CT molecular complexity index is 706. The van der Waals surface area contributed by atoms with E-state index in [4.69, 9.17) is 9.47 Å². The van der Waals surface area contributed by atoms with Gasteiger partial charge in [0.15, 0.2) is 0 Å². The van der Waals surface area contributed by atoms with Crippen LogP contribution in [0.5, 0.6) is 0 Å². The summed E-state index contributed by atoms with van der Waals surface area (Å²) in [6.07, 6.45) is 0. The maximum atomic E-state index is 14.1. The third kappa shape index (κ3) is 5.55. The lowest BCUT2D eigenvalue weighted by Crippen LogP contribution is -2.44. The van der Waals surface area contributed by atoms with E-state index in [1.165, 1.54) is 0 Å². The Balaban J connectivity index is 1.60. The van der Waals surface area contributed by atoms with E-state index in [1.807, 2.05) is 36.4 Å². The molecule has 160 valence electrons. The van der Waals surface area contributed by atoms with Gasteiger partial charge in [-0.15, -0.1) is 0 Å². The normalized spacial score (nSPS) is 20.5. The van der Waals surface area contributed by atoms with Crippen LogP contribution in [0.3, 0.4) is 0 Å². The summed E-state index contributed by atoms with van der Waals surface area (Å²) in [6.45, 7) is 8.00. The average molecular weight is 409 g/mol. The van der Waals surface area contributed by atoms with Crippen LogP contribution in [0.25, 0.3) is 0 Å². The van der Waals surface area contributed by atoms with Gasteiger partial charge in [-0.2, -0.15) is 0 Å². The van der Waals surface area contributed by atoms with E-state index in [2.05, 4.69) is 34.1 Å². The van der Waals surface area contributed by atoms with Crippen molar-refractivity contribution in [3.8, 4) is 0 Å². The van der Waals surface area contributed by atoms with Crippen LogP contribution in [0, 0.1) is 0 Å². The minimum absolute atomic E-state index is 0.143. The summed E-state index contributed by atoms with van der Waals surface area (Å²) in [5, 5.41) is 0. The average Bonchev–Trinajstić information content (AvgIpc) is 2.83. The number of hydrogen-bond acceptors (Lipinski definition) is 5. The molecule has 2 fully saturated rings. The van der Waals surface area contributed by atoms with Crippen LogP contribution in [0.1, 0.15) is 23.0 Å². The number of carbonyl (C=O) groups excluding carboxylic acids is 1. The van der Waals surface area contributed by atoms with Crippen molar-refractivity contribution in [2.24, 2.45) is 0 Å². The van der Waals surface area contributed by atoms with E-state index in [9.17, 15) is 4.79 Å². The number of morpholine rings is 2. The van der Waals surface area contributed by atoms with Crippen molar-refractivity contribution in [2.45, 2.75) is 11.8 Å². The molecule has 2 aliphatic heterocycles. The zero-order valence-electron chi connectivity index (χ0n) is 17.6. The quantitative estimate of drug-likeness (QED) is 0.672. The Morgan fingerprint density at radius 1 is 0.667 bits per heavy atom. The van der Waals surface area contributed by atoms with Crippen molar-refractivity contribution in [3.63, 3.8) is 0 Å². The van der Waals surface area contributed by atoms with Gasteiger partial charge in [-0.3, -0.25) is 14.6 Å². The minimum atomic E-state index is -0.143. The van der Waals surface area contributed by atoms with Crippen LogP contribution in [0.15, 0.2) is 60.7 Å². The predicted octanol–water partition coefficient (Wildman–Crippen LogP) is 2.79. The molecule has 2 aromatic rings. The zero-order chi connectivity index (χ0) is 20.6. The van der Waals surface area contributed by atoms with Crippen LogP contribution in [0.2, 0.25) is 0 Å². The van der Waals surface area contributed by atoms with Crippen molar-refractivity contribution >= 4 is 5.78 Å². The third-order valence-electron chi connectivity index (χ3n) is 6.18. The molecular formula is C25H32N2O3. The fourth-order valence-electron chi connectivity index (χ4n) is 4.42. The van der Waals surface area contributed by atoms with Gasteiger partial charge in [-0.25, -0.2) is 0 Å². The second kappa shape index (κ2) is 10.8. The Labute approximate surface area is 179 Å². The molecule has 0 aliphatic carbocycles. The second-order valence-electron chi connectivity index (χ2n) is 8.15. The summed E-state index contributed by atoms with van der Waals surface area (Å²) in [4.78, 5) is 18.8. The molecule has 0 spiro atoms. The van der Waals surface area contributed by atoms with Crippen LogP contribution in [0.4, 0.5) is 0 Å². The summed E-state index contributed by atoms with van der Waals surface area (Å²) >= 11 is 0. The summed E-state index contributed by atoms with van der Waals surface area (Å²) in [6, 6.07) is 20.6. The molecule has 4 rings (SSSR count). The van der Waals surface area contributed by atoms with Crippen LogP contribution >= 0.6 is 0 Å². The van der Waals surface area contributed by atoms with Crippen LogP contribution in [-0.2, 0) is 14.3 Å². The van der Waals surface area contributed by atoms with Gasteiger partial charge in [-0.05, 0) is 11.1 Å². The molecule has 5 heteroatoms. The number of hydrogen-bond donors (Lipinski definition) is 0. The number of rotatable bonds is 8.